The Morgan fingerprint density at radius 1 is 0.944 bits per heavy atom. The Morgan fingerprint density at radius 3 is 2.58 bits per heavy atom. The number of nitrogens with zero attached hydrogens (tertiary/aromatic N) is 1. The number of hydrogen-bond donors (Lipinski definition) is 1. The summed E-state index contributed by atoms with van der Waals surface area (Å²) < 4.78 is 2.25. The van der Waals surface area contributed by atoms with Crippen molar-refractivity contribution in [1.82, 2.24) is 4.57 Å². The number of carbonyl (C=O) groups excluding carboxylic acids is 1. The summed E-state index contributed by atoms with van der Waals surface area (Å²) in [4.78, 5) is 12.4. The Bertz CT molecular complexity index is 1830. The number of rotatable bonds is 4. The molecule has 1 radical (unpaired) electrons. The van der Waals surface area contributed by atoms with Gasteiger partial charge in [0.15, 0.2) is 0 Å². The predicted octanol–water partition coefficient (Wildman–Crippen LogP) is 8.18. The fourth-order valence-electron chi connectivity index (χ4n) is 5.12. The fourth-order valence-corrected chi connectivity index (χ4v) is 5.64. The third-order valence-corrected chi connectivity index (χ3v) is 7.44. The lowest BCUT2D eigenvalue weighted by Crippen LogP contribution is -2.11. The van der Waals surface area contributed by atoms with Crippen molar-refractivity contribution in [3.63, 3.8) is 0 Å². The van der Waals surface area contributed by atoms with Gasteiger partial charge in [-0.15, -0.1) is 0 Å². The van der Waals surface area contributed by atoms with E-state index < -0.39 is 5.91 Å². The zero-order valence-corrected chi connectivity index (χ0v) is 21.0. The second kappa shape index (κ2) is 8.70. The van der Waals surface area contributed by atoms with Crippen molar-refractivity contribution in [3.8, 4) is 11.1 Å². The Hall–Kier alpha value is -3.79. The van der Waals surface area contributed by atoms with Crippen LogP contribution >= 0.6 is 23.2 Å². The molecule has 0 atom stereocenters. The van der Waals surface area contributed by atoms with Crippen molar-refractivity contribution >= 4 is 61.7 Å². The van der Waals surface area contributed by atoms with E-state index in [2.05, 4.69) is 60.0 Å². The molecule has 0 unspecified atom stereocenters. The van der Waals surface area contributed by atoms with Gasteiger partial charge in [-0.2, -0.15) is 0 Å². The minimum Gasteiger partial charge on any atom is -0.366 e. The minimum atomic E-state index is -0.459. The van der Waals surface area contributed by atoms with Gasteiger partial charge in [0.2, 0.25) is 5.91 Å². The maximum Gasteiger partial charge on any atom is 0.249 e. The highest BCUT2D eigenvalue weighted by atomic mass is 35.5. The Morgan fingerprint density at radius 2 is 1.78 bits per heavy atom. The minimum absolute atomic E-state index is 0.459. The van der Waals surface area contributed by atoms with Gasteiger partial charge < -0.3 is 10.3 Å². The summed E-state index contributed by atoms with van der Waals surface area (Å²) in [5.74, 6) is -0.459. The molecular formula is C31H21Cl2N2O. The zero-order valence-electron chi connectivity index (χ0n) is 19.5. The van der Waals surface area contributed by atoms with Crippen molar-refractivity contribution in [2.45, 2.75) is 13.5 Å². The lowest BCUT2D eigenvalue weighted by molar-refractivity contribution is 0.100. The van der Waals surface area contributed by atoms with E-state index in [0.29, 0.717) is 22.2 Å². The van der Waals surface area contributed by atoms with Crippen LogP contribution < -0.4 is 5.73 Å². The smallest absolute Gasteiger partial charge is 0.249 e. The molecule has 2 N–H and O–H groups in total. The molecule has 175 valence electrons. The third kappa shape index (κ3) is 3.63. The topological polar surface area (TPSA) is 48.0 Å². The predicted molar refractivity (Wildman–Crippen MR) is 150 cm³/mol. The van der Waals surface area contributed by atoms with Crippen LogP contribution in [0.2, 0.25) is 10.0 Å². The van der Waals surface area contributed by atoms with E-state index >= 15 is 0 Å². The van der Waals surface area contributed by atoms with Crippen molar-refractivity contribution in [2.75, 3.05) is 0 Å². The van der Waals surface area contributed by atoms with E-state index in [0.717, 1.165) is 32.9 Å². The van der Waals surface area contributed by atoms with Gasteiger partial charge in [0.05, 0.1) is 11.0 Å². The number of aryl methyl sites for hydroxylation is 1. The third-order valence-electron chi connectivity index (χ3n) is 6.89. The Balaban J connectivity index is 1.67. The Kier molecular flexibility index (Phi) is 5.48. The summed E-state index contributed by atoms with van der Waals surface area (Å²) in [6.07, 6.45) is 0. The SMILES string of the molecule is Cc1ccc2ccccc2c1Cn1c2cc(-c3ccc(Cl)cc3Cl)c[c]c2c2c(C(N)=O)cccc21. The standard InChI is InChI=1S/C31H21Cl2N2O/c1-18-9-10-19-5-2-3-6-22(19)26(18)17-35-28-8-4-7-25(31(34)36)30(28)24-13-11-20(15-29(24)35)23-14-12-21(32)16-27(23)33/h2-12,14-16H,17H2,1H3,(H2,34,36). The maximum absolute atomic E-state index is 12.4. The number of halogens is 2. The average molecular weight is 508 g/mol. The Labute approximate surface area is 218 Å². The summed E-state index contributed by atoms with van der Waals surface area (Å²) in [6.45, 7) is 2.76. The molecular weight excluding hydrogens is 487 g/mol. The van der Waals surface area contributed by atoms with E-state index in [1.165, 1.54) is 21.9 Å². The molecule has 0 saturated carbocycles. The summed E-state index contributed by atoms with van der Waals surface area (Å²) in [5.41, 5.74) is 12.4. The first-order valence-corrected chi connectivity index (χ1v) is 12.4. The summed E-state index contributed by atoms with van der Waals surface area (Å²) >= 11 is 12.7. The number of benzene rings is 5. The summed E-state index contributed by atoms with van der Waals surface area (Å²) in [6, 6.07) is 31.3. The highest BCUT2D eigenvalue weighted by molar-refractivity contribution is 6.36. The number of fused-ring (bicyclic) bond motifs is 4. The molecule has 0 aliphatic carbocycles. The van der Waals surface area contributed by atoms with Crippen LogP contribution in [0, 0.1) is 13.0 Å². The molecule has 0 aliphatic rings. The van der Waals surface area contributed by atoms with Gasteiger partial charge in [0.1, 0.15) is 0 Å². The molecule has 5 heteroatoms. The van der Waals surface area contributed by atoms with E-state index in [1.807, 2.05) is 30.3 Å². The molecule has 0 saturated heterocycles. The maximum atomic E-state index is 12.4. The molecule has 1 aromatic heterocycles. The van der Waals surface area contributed by atoms with Crippen LogP contribution in [0.1, 0.15) is 21.5 Å². The molecule has 1 heterocycles. The quantitative estimate of drug-likeness (QED) is 0.257. The van der Waals surface area contributed by atoms with Crippen LogP contribution in [-0.2, 0) is 6.54 Å². The number of aromatic nitrogens is 1. The number of primary amides is 1. The summed E-state index contributed by atoms with van der Waals surface area (Å²) in [5, 5.41) is 5.22. The van der Waals surface area contributed by atoms with Crippen LogP contribution in [0.15, 0.2) is 84.9 Å². The first kappa shape index (κ1) is 22.7. The van der Waals surface area contributed by atoms with Gasteiger partial charge in [-0.05, 0) is 76.9 Å². The van der Waals surface area contributed by atoms with Crippen LogP contribution in [0.4, 0.5) is 0 Å². The van der Waals surface area contributed by atoms with Crippen molar-refractivity contribution in [3.05, 3.63) is 118 Å². The molecule has 0 bridgehead atoms. The van der Waals surface area contributed by atoms with Gasteiger partial charge >= 0.3 is 0 Å². The highest BCUT2D eigenvalue weighted by Gasteiger charge is 2.19. The number of hydrogen-bond acceptors (Lipinski definition) is 1. The van der Waals surface area contributed by atoms with E-state index in [9.17, 15) is 4.79 Å². The molecule has 0 fully saturated rings. The molecule has 6 rings (SSSR count). The lowest BCUT2D eigenvalue weighted by Gasteiger charge is -2.14. The van der Waals surface area contributed by atoms with Gasteiger partial charge in [-0.1, -0.05) is 71.7 Å². The largest absolute Gasteiger partial charge is 0.366 e. The molecule has 5 aromatic carbocycles. The number of carbonyl (C=O) groups is 1. The molecule has 3 nitrogen and oxygen atoms in total. The monoisotopic (exact) mass is 507 g/mol. The first-order chi connectivity index (χ1) is 17.4. The highest BCUT2D eigenvalue weighted by Crippen LogP contribution is 2.37. The second-order valence-corrected chi connectivity index (χ2v) is 9.85. The van der Waals surface area contributed by atoms with Crippen LogP contribution in [-0.4, -0.2) is 10.5 Å². The van der Waals surface area contributed by atoms with E-state index in [-0.39, 0.29) is 0 Å². The van der Waals surface area contributed by atoms with E-state index in [4.69, 9.17) is 28.9 Å². The van der Waals surface area contributed by atoms with Crippen molar-refractivity contribution in [1.29, 1.82) is 0 Å². The summed E-state index contributed by atoms with van der Waals surface area (Å²) in [7, 11) is 0. The molecule has 36 heavy (non-hydrogen) atoms. The number of amides is 1. The molecule has 6 aromatic rings. The normalized spacial score (nSPS) is 11.5. The van der Waals surface area contributed by atoms with Gasteiger partial charge in [-0.3, -0.25) is 4.79 Å². The first-order valence-electron chi connectivity index (χ1n) is 11.6. The van der Waals surface area contributed by atoms with Crippen molar-refractivity contribution < 1.29 is 4.79 Å². The van der Waals surface area contributed by atoms with Gasteiger partial charge in [0.25, 0.3) is 0 Å². The molecule has 0 spiro atoms. The molecule has 1 amide bonds. The van der Waals surface area contributed by atoms with Crippen molar-refractivity contribution in [2.24, 2.45) is 5.73 Å². The number of nitrogens with two attached hydrogens (primary N) is 1. The fraction of sp³-hybridized carbons (Fsp3) is 0.0645. The van der Waals surface area contributed by atoms with E-state index in [1.54, 1.807) is 12.1 Å². The lowest BCUT2D eigenvalue weighted by atomic mass is 9.99. The van der Waals surface area contributed by atoms with Crippen LogP contribution in [0.3, 0.4) is 0 Å². The average Bonchev–Trinajstić information content (AvgIpc) is 3.18. The van der Waals surface area contributed by atoms with Gasteiger partial charge in [-0.25, -0.2) is 0 Å². The molecule has 0 aliphatic heterocycles. The van der Waals surface area contributed by atoms with Crippen LogP contribution in [0.5, 0.6) is 0 Å². The zero-order chi connectivity index (χ0) is 25.0. The van der Waals surface area contributed by atoms with Gasteiger partial charge in [0, 0.05) is 38.5 Å². The second-order valence-electron chi connectivity index (χ2n) is 9.01. The van der Waals surface area contributed by atoms with Crippen LogP contribution in [0.25, 0.3) is 43.7 Å².